The molecule has 2 aromatic rings. The Hall–Kier alpha value is -2.44. The average molecular weight is 441 g/mol. The molecule has 0 atom stereocenters. The quantitative estimate of drug-likeness (QED) is 0.614. The highest BCUT2D eigenvalue weighted by atomic mass is 32.2. The van der Waals surface area contributed by atoms with Crippen LogP contribution in [0.4, 0.5) is 5.69 Å². The number of anilines is 1. The summed E-state index contributed by atoms with van der Waals surface area (Å²) in [5.41, 5.74) is 3.90. The molecule has 0 radical (unpaired) electrons. The summed E-state index contributed by atoms with van der Waals surface area (Å²) >= 11 is 0. The lowest BCUT2D eigenvalue weighted by molar-refractivity contribution is -0.111. The zero-order chi connectivity index (χ0) is 22.3. The van der Waals surface area contributed by atoms with E-state index in [-0.39, 0.29) is 5.91 Å². The molecule has 2 aromatic carbocycles. The molecule has 0 spiro atoms. The van der Waals surface area contributed by atoms with Gasteiger partial charge in [-0.25, -0.2) is 8.42 Å². The Kier molecular flexibility index (Phi) is 8.04. The number of carbonyl (C=O) groups excluding carboxylic acids is 1. The molecule has 5 nitrogen and oxygen atoms in total. The van der Waals surface area contributed by atoms with E-state index >= 15 is 0 Å². The summed E-state index contributed by atoms with van der Waals surface area (Å²) in [6.07, 6.45) is 8.88. The summed E-state index contributed by atoms with van der Waals surface area (Å²) in [7, 11) is -3.46. The van der Waals surface area contributed by atoms with Crippen molar-refractivity contribution in [1.82, 2.24) is 4.31 Å². The molecule has 0 aliphatic carbocycles. The monoisotopic (exact) mass is 440 g/mol. The Balaban J connectivity index is 1.69. The van der Waals surface area contributed by atoms with E-state index in [2.05, 4.69) is 19.2 Å². The predicted molar refractivity (Wildman–Crippen MR) is 127 cm³/mol. The summed E-state index contributed by atoms with van der Waals surface area (Å²) in [5.74, 6) is -0.197. The first-order valence-corrected chi connectivity index (χ1v) is 12.6. The smallest absolute Gasteiger partial charge is 0.248 e. The Morgan fingerprint density at radius 1 is 0.935 bits per heavy atom. The summed E-state index contributed by atoms with van der Waals surface area (Å²) in [5, 5.41) is 3.01. The Labute approximate surface area is 186 Å². The van der Waals surface area contributed by atoms with E-state index in [1.54, 1.807) is 34.6 Å². The standard InChI is InChI=1S/C25H32N2O3S/c1-3-21-10-9-11-22(4-2)25(21)26-24(28)17-14-20-12-15-23(16-13-20)31(29,30)27-18-7-5-6-8-19-27/h9-17H,3-8,18-19H2,1-2H3,(H,26,28)/b17-14+. The molecule has 0 unspecified atom stereocenters. The van der Waals surface area contributed by atoms with Crippen molar-refractivity contribution < 1.29 is 13.2 Å². The zero-order valence-electron chi connectivity index (χ0n) is 18.4. The first-order chi connectivity index (χ1) is 15.0. The van der Waals surface area contributed by atoms with E-state index in [0.717, 1.165) is 60.9 Å². The van der Waals surface area contributed by atoms with Gasteiger partial charge in [0, 0.05) is 24.9 Å². The van der Waals surface area contributed by atoms with Crippen molar-refractivity contribution >= 4 is 27.7 Å². The molecule has 1 fully saturated rings. The molecule has 0 bridgehead atoms. The van der Waals surface area contributed by atoms with Crippen molar-refractivity contribution in [3.05, 3.63) is 65.2 Å². The minimum absolute atomic E-state index is 0.197. The highest BCUT2D eigenvalue weighted by Crippen LogP contribution is 2.23. The van der Waals surface area contributed by atoms with Gasteiger partial charge >= 0.3 is 0 Å². The van der Waals surface area contributed by atoms with Gasteiger partial charge in [-0.15, -0.1) is 0 Å². The molecule has 31 heavy (non-hydrogen) atoms. The summed E-state index contributed by atoms with van der Waals surface area (Å²) in [6, 6.07) is 12.8. The number of amides is 1. The maximum absolute atomic E-state index is 12.9. The molecule has 3 rings (SSSR count). The topological polar surface area (TPSA) is 66.5 Å². The third kappa shape index (κ3) is 5.83. The first kappa shape index (κ1) is 23.2. The molecule has 166 valence electrons. The number of nitrogens with zero attached hydrogens (tertiary/aromatic N) is 1. The van der Waals surface area contributed by atoms with E-state index in [1.165, 1.54) is 6.08 Å². The van der Waals surface area contributed by atoms with Crippen LogP contribution >= 0.6 is 0 Å². The van der Waals surface area contributed by atoms with Crippen LogP contribution in [0.5, 0.6) is 0 Å². The van der Waals surface area contributed by atoms with Gasteiger partial charge < -0.3 is 5.32 Å². The number of hydrogen-bond acceptors (Lipinski definition) is 3. The fourth-order valence-electron chi connectivity index (χ4n) is 3.92. The number of carbonyl (C=O) groups is 1. The van der Waals surface area contributed by atoms with Crippen LogP contribution in [0.1, 0.15) is 56.2 Å². The third-order valence-electron chi connectivity index (χ3n) is 5.76. The molecule has 1 amide bonds. The van der Waals surface area contributed by atoms with Crippen molar-refractivity contribution in [3.8, 4) is 0 Å². The van der Waals surface area contributed by atoms with Gasteiger partial charge in [0.05, 0.1) is 4.90 Å². The second-order valence-electron chi connectivity index (χ2n) is 7.87. The summed E-state index contributed by atoms with van der Waals surface area (Å²) in [6.45, 7) is 5.31. The molecular weight excluding hydrogens is 408 g/mol. The normalized spacial score (nSPS) is 15.7. The molecule has 6 heteroatoms. The molecular formula is C25H32N2O3S. The van der Waals surface area contributed by atoms with Crippen molar-refractivity contribution in [3.63, 3.8) is 0 Å². The number of sulfonamides is 1. The highest BCUT2D eigenvalue weighted by Gasteiger charge is 2.24. The van der Waals surface area contributed by atoms with Gasteiger partial charge in [-0.2, -0.15) is 4.31 Å². The predicted octanol–water partition coefficient (Wildman–Crippen LogP) is 5.03. The largest absolute Gasteiger partial charge is 0.322 e. The van der Waals surface area contributed by atoms with Crippen LogP contribution in [0.2, 0.25) is 0 Å². The van der Waals surface area contributed by atoms with E-state index < -0.39 is 10.0 Å². The van der Waals surface area contributed by atoms with Crippen LogP contribution in [0, 0.1) is 0 Å². The van der Waals surface area contributed by atoms with E-state index in [1.807, 2.05) is 18.2 Å². The Bertz CT molecular complexity index is 997. The zero-order valence-corrected chi connectivity index (χ0v) is 19.2. The molecule has 0 saturated carbocycles. The summed E-state index contributed by atoms with van der Waals surface area (Å²) in [4.78, 5) is 12.8. The molecule has 0 aromatic heterocycles. The molecule has 1 heterocycles. The van der Waals surface area contributed by atoms with Gasteiger partial charge in [0.25, 0.3) is 0 Å². The minimum Gasteiger partial charge on any atom is -0.322 e. The van der Waals surface area contributed by atoms with Crippen molar-refractivity contribution in [1.29, 1.82) is 0 Å². The molecule has 1 saturated heterocycles. The van der Waals surface area contributed by atoms with Crippen LogP contribution in [0.3, 0.4) is 0 Å². The average Bonchev–Trinajstić information content (AvgIpc) is 3.08. The van der Waals surface area contributed by atoms with E-state index in [4.69, 9.17) is 0 Å². The maximum Gasteiger partial charge on any atom is 0.248 e. The number of nitrogens with one attached hydrogen (secondary N) is 1. The second-order valence-corrected chi connectivity index (χ2v) is 9.81. The number of benzene rings is 2. The SMILES string of the molecule is CCc1cccc(CC)c1NC(=O)/C=C/c1ccc(S(=O)(=O)N2CCCCCC2)cc1. The Morgan fingerprint density at radius 2 is 1.52 bits per heavy atom. The lowest BCUT2D eigenvalue weighted by atomic mass is 10.0. The third-order valence-corrected chi connectivity index (χ3v) is 7.67. The molecule has 1 aliphatic heterocycles. The van der Waals surface area contributed by atoms with E-state index in [0.29, 0.717) is 18.0 Å². The lowest BCUT2D eigenvalue weighted by Gasteiger charge is -2.19. The number of rotatable bonds is 7. The highest BCUT2D eigenvalue weighted by molar-refractivity contribution is 7.89. The fraction of sp³-hybridized carbons (Fsp3) is 0.400. The van der Waals surface area contributed by atoms with Gasteiger partial charge in [0.2, 0.25) is 15.9 Å². The number of aryl methyl sites for hydroxylation is 2. The van der Waals surface area contributed by atoms with E-state index in [9.17, 15) is 13.2 Å². The maximum atomic E-state index is 12.9. The minimum atomic E-state index is -3.46. The number of hydrogen-bond donors (Lipinski definition) is 1. The van der Waals surface area contributed by atoms with Crippen LogP contribution in [-0.4, -0.2) is 31.7 Å². The van der Waals surface area contributed by atoms with Crippen molar-refractivity contribution in [2.75, 3.05) is 18.4 Å². The Morgan fingerprint density at radius 3 is 2.06 bits per heavy atom. The van der Waals surface area contributed by atoms with Crippen LogP contribution in [-0.2, 0) is 27.7 Å². The van der Waals surface area contributed by atoms with Gasteiger partial charge in [-0.05, 0) is 60.6 Å². The van der Waals surface area contributed by atoms with Gasteiger partial charge in [0.15, 0.2) is 0 Å². The van der Waals surface area contributed by atoms with Crippen LogP contribution in [0.25, 0.3) is 6.08 Å². The second kappa shape index (κ2) is 10.7. The van der Waals surface area contributed by atoms with Gasteiger partial charge in [-0.1, -0.05) is 57.0 Å². The van der Waals surface area contributed by atoms with Gasteiger partial charge in [-0.3, -0.25) is 4.79 Å². The van der Waals surface area contributed by atoms with Crippen LogP contribution < -0.4 is 5.32 Å². The fourth-order valence-corrected chi connectivity index (χ4v) is 5.44. The lowest BCUT2D eigenvalue weighted by Crippen LogP contribution is -2.31. The number of para-hydroxylation sites is 1. The molecule has 1 aliphatic rings. The van der Waals surface area contributed by atoms with Gasteiger partial charge in [0.1, 0.15) is 0 Å². The first-order valence-electron chi connectivity index (χ1n) is 11.2. The van der Waals surface area contributed by atoms with Crippen molar-refractivity contribution in [2.24, 2.45) is 0 Å². The van der Waals surface area contributed by atoms with Crippen LogP contribution in [0.15, 0.2) is 53.4 Å². The molecule has 1 N–H and O–H groups in total. The van der Waals surface area contributed by atoms with Crippen molar-refractivity contribution in [2.45, 2.75) is 57.3 Å². The summed E-state index contributed by atoms with van der Waals surface area (Å²) < 4.78 is 27.4.